The van der Waals surface area contributed by atoms with Crippen molar-refractivity contribution in [3.63, 3.8) is 0 Å². The zero-order valence-electron chi connectivity index (χ0n) is 16.2. The van der Waals surface area contributed by atoms with Crippen molar-refractivity contribution in [1.29, 1.82) is 0 Å². The number of aryl methyl sites for hydroxylation is 1. The monoisotopic (exact) mass is 404 g/mol. The van der Waals surface area contributed by atoms with Crippen LogP contribution in [-0.2, 0) is 4.79 Å². The van der Waals surface area contributed by atoms with Crippen LogP contribution in [0, 0.1) is 19.7 Å². The number of aromatic nitrogens is 5. The van der Waals surface area contributed by atoms with Gasteiger partial charge in [0.15, 0.2) is 5.82 Å². The molecule has 0 unspecified atom stereocenters. The molecule has 1 N–H and O–H groups in total. The van der Waals surface area contributed by atoms with Crippen LogP contribution in [0.3, 0.4) is 0 Å². The van der Waals surface area contributed by atoms with Gasteiger partial charge in [0.1, 0.15) is 18.3 Å². The second-order valence-corrected chi connectivity index (χ2v) is 6.58. The maximum Gasteiger partial charge on any atom is 0.296 e. The number of amides is 1. The standard InChI is InChI=1S/C21H17FN6O2/c1-13-19(14(2)28(26-13)16-6-4-3-5-7-16)20(29)21(30)25-15-8-9-18(17(22)10-15)27-12-23-11-24-27/h3-12H,1-2H3,(H,25,30). The van der Waals surface area contributed by atoms with E-state index >= 15 is 0 Å². The molecule has 0 aliphatic carbocycles. The summed E-state index contributed by atoms with van der Waals surface area (Å²) in [5.41, 5.74) is 2.31. The van der Waals surface area contributed by atoms with Crippen LogP contribution >= 0.6 is 0 Å². The van der Waals surface area contributed by atoms with Crippen LogP contribution in [0.4, 0.5) is 10.1 Å². The molecule has 0 bridgehead atoms. The van der Waals surface area contributed by atoms with Crippen LogP contribution in [-0.4, -0.2) is 36.2 Å². The Balaban J connectivity index is 1.57. The van der Waals surface area contributed by atoms with Crippen molar-refractivity contribution in [2.24, 2.45) is 0 Å². The van der Waals surface area contributed by atoms with Gasteiger partial charge >= 0.3 is 0 Å². The Labute approximate surface area is 171 Å². The lowest BCUT2D eigenvalue weighted by atomic mass is 10.1. The van der Waals surface area contributed by atoms with Crippen LogP contribution in [0.15, 0.2) is 61.2 Å². The smallest absolute Gasteiger partial charge is 0.296 e. The van der Waals surface area contributed by atoms with Gasteiger partial charge in [-0.25, -0.2) is 18.7 Å². The molecule has 2 aromatic carbocycles. The maximum absolute atomic E-state index is 14.4. The van der Waals surface area contributed by atoms with Crippen LogP contribution in [0.25, 0.3) is 11.4 Å². The summed E-state index contributed by atoms with van der Waals surface area (Å²) in [7, 11) is 0. The number of carbonyl (C=O) groups is 2. The molecule has 0 saturated heterocycles. The minimum Gasteiger partial charge on any atom is -0.319 e. The number of carbonyl (C=O) groups excluding carboxylic acids is 2. The van der Waals surface area contributed by atoms with Gasteiger partial charge < -0.3 is 5.32 Å². The van der Waals surface area contributed by atoms with Gasteiger partial charge in [0.25, 0.3) is 11.7 Å². The van der Waals surface area contributed by atoms with E-state index in [-0.39, 0.29) is 16.9 Å². The molecule has 0 aliphatic heterocycles. The maximum atomic E-state index is 14.4. The summed E-state index contributed by atoms with van der Waals surface area (Å²) in [6, 6.07) is 13.3. The van der Waals surface area contributed by atoms with Crippen LogP contribution in [0.2, 0.25) is 0 Å². The molecule has 0 atom stereocenters. The van der Waals surface area contributed by atoms with E-state index in [0.717, 1.165) is 11.8 Å². The molecule has 1 amide bonds. The van der Waals surface area contributed by atoms with Crippen molar-refractivity contribution in [3.05, 3.63) is 84.0 Å². The number of hydrogen-bond donors (Lipinski definition) is 1. The predicted molar refractivity (Wildman–Crippen MR) is 107 cm³/mol. The SMILES string of the molecule is Cc1nn(-c2ccccc2)c(C)c1C(=O)C(=O)Nc1ccc(-n2cncn2)c(F)c1. The Bertz CT molecular complexity index is 1230. The Hall–Kier alpha value is -4.14. The summed E-state index contributed by atoms with van der Waals surface area (Å²) in [6.45, 7) is 3.39. The topological polar surface area (TPSA) is 94.7 Å². The van der Waals surface area contributed by atoms with Gasteiger partial charge in [-0.3, -0.25) is 9.59 Å². The average molecular weight is 404 g/mol. The zero-order valence-corrected chi connectivity index (χ0v) is 16.2. The number of anilines is 1. The van der Waals surface area contributed by atoms with Crippen molar-refractivity contribution in [2.45, 2.75) is 13.8 Å². The van der Waals surface area contributed by atoms with Crippen molar-refractivity contribution in [3.8, 4) is 11.4 Å². The van der Waals surface area contributed by atoms with Gasteiger partial charge in [0.05, 0.1) is 22.6 Å². The van der Waals surface area contributed by atoms with Gasteiger partial charge in [-0.2, -0.15) is 10.2 Å². The summed E-state index contributed by atoms with van der Waals surface area (Å²) in [5.74, 6) is -2.23. The Kier molecular flexibility index (Phi) is 4.93. The van der Waals surface area contributed by atoms with Gasteiger partial charge in [-0.15, -0.1) is 0 Å². The molecule has 0 fully saturated rings. The number of halogens is 1. The molecule has 4 rings (SSSR count). The van der Waals surface area contributed by atoms with Crippen molar-refractivity contribution in [2.75, 3.05) is 5.32 Å². The number of benzene rings is 2. The third-order valence-electron chi connectivity index (χ3n) is 4.60. The Morgan fingerprint density at radius 1 is 1.07 bits per heavy atom. The van der Waals surface area contributed by atoms with E-state index in [1.807, 2.05) is 30.3 Å². The van der Waals surface area contributed by atoms with Gasteiger partial charge in [0, 0.05) is 5.69 Å². The normalized spacial score (nSPS) is 10.8. The van der Waals surface area contributed by atoms with Crippen molar-refractivity contribution >= 4 is 17.4 Å². The first-order valence-corrected chi connectivity index (χ1v) is 9.07. The van der Waals surface area contributed by atoms with Gasteiger partial charge in [-0.05, 0) is 44.2 Å². The molecule has 0 saturated carbocycles. The third-order valence-corrected chi connectivity index (χ3v) is 4.60. The minimum atomic E-state index is -0.873. The molecule has 0 radical (unpaired) electrons. The first kappa shape index (κ1) is 19.2. The van der Waals surface area contributed by atoms with Crippen molar-refractivity contribution < 1.29 is 14.0 Å². The van der Waals surface area contributed by atoms with E-state index in [1.165, 1.54) is 29.5 Å². The number of hydrogen-bond acceptors (Lipinski definition) is 5. The highest BCUT2D eigenvalue weighted by molar-refractivity contribution is 6.47. The van der Waals surface area contributed by atoms with E-state index in [1.54, 1.807) is 18.5 Å². The van der Waals surface area contributed by atoms with E-state index < -0.39 is 17.5 Å². The molecule has 8 nitrogen and oxygen atoms in total. The Morgan fingerprint density at radius 3 is 2.50 bits per heavy atom. The molecule has 150 valence electrons. The number of nitrogens with zero attached hydrogens (tertiary/aromatic N) is 5. The van der Waals surface area contributed by atoms with E-state index in [0.29, 0.717) is 11.4 Å². The molecule has 0 spiro atoms. The molecule has 0 aliphatic rings. The highest BCUT2D eigenvalue weighted by Crippen LogP contribution is 2.21. The van der Waals surface area contributed by atoms with Crippen molar-refractivity contribution in [1.82, 2.24) is 24.5 Å². The fourth-order valence-electron chi connectivity index (χ4n) is 3.20. The van der Waals surface area contributed by atoms with E-state index in [2.05, 4.69) is 20.5 Å². The molecule has 4 aromatic rings. The fraction of sp³-hybridized carbons (Fsp3) is 0.0952. The average Bonchev–Trinajstić information content (AvgIpc) is 3.36. The first-order chi connectivity index (χ1) is 14.5. The highest BCUT2D eigenvalue weighted by atomic mass is 19.1. The van der Waals surface area contributed by atoms with Gasteiger partial charge in [-0.1, -0.05) is 18.2 Å². The molecule has 9 heteroatoms. The predicted octanol–water partition coefficient (Wildman–Crippen LogP) is 3.03. The van der Waals surface area contributed by atoms with E-state index in [9.17, 15) is 14.0 Å². The Morgan fingerprint density at radius 2 is 1.83 bits per heavy atom. The molecular weight excluding hydrogens is 387 g/mol. The zero-order chi connectivity index (χ0) is 21.3. The summed E-state index contributed by atoms with van der Waals surface area (Å²) in [5, 5.41) is 10.7. The number of nitrogens with one attached hydrogen (secondary N) is 1. The minimum absolute atomic E-state index is 0.153. The summed E-state index contributed by atoms with van der Waals surface area (Å²) < 4.78 is 17.2. The second-order valence-electron chi connectivity index (χ2n) is 6.58. The van der Waals surface area contributed by atoms with Crippen LogP contribution in [0.5, 0.6) is 0 Å². The lowest BCUT2D eigenvalue weighted by Gasteiger charge is -2.08. The summed E-state index contributed by atoms with van der Waals surface area (Å²) >= 11 is 0. The largest absolute Gasteiger partial charge is 0.319 e. The number of Topliss-reactive ketones (excluding diaryl/α,β-unsaturated/α-hetero) is 1. The molecule has 30 heavy (non-hydrogen) atoms. The van der Waals surface area contributed by atoms with Crippen LogP contribution in [0.1, 0.15) is 21.7 Å². The fourth-order valence-corrected chi connectivity index (χ4v) is 3.20. The molecule has 2 aromatic heterocycles. The van der Waals surface area contributed by atoms with Crippen LogP contribution < -0.4 is 5.32 Å². The summed E-state index contributed by atoms with van der Waals surface area (Å²) in [4.78, 5) is 29.1. The number of para-hydroxylation sites is 1. The number of rotatable bonds is 5. The quantitative estimate of drug-likeness (QED) is 0.408. The lowest BCUT2D eigenvalue weighted by Crippen LogP contribution is -2.24. The third kappa shape index (κ3) is 3.48. The van der Waals surface area contributed by atoms with E-state index in [4.69, 9.17) is 0 Å². The molecular formula is C21H17FN6O2. The molecule has 2 heterocycles. The first-order valence-electron chi connectivity index (χ1n) is 9.07. The number of ketones is 1. The second kappa shape index (κ2) is 7.70. The highest BCUT2D eigenvalue weighted by Gasteiger charge is 2.25. The summed E-state index contributed by atoms with van der Waals surface area (Å²) in [6.07, 6.45) is 2.64. The lowest BCUT2D eigenvalue weighted by molar-refractivity contribution is -0.112. The van der Waals surface area contributed by atoms with Gasteiger partial charge in [0.2, 0.25) is 0 Å².